The lowest BCUT2D eigenvalue weighted by atomic mass is 10.1. The molecule has 0 spiro atoms. The van der Waals surface area contributed by atoms with Crippen molar-refractivity contribution in [1.29, 1.82) is 0 Å². The Morgan fingerprint density at radius 3 is 2.57 bits per heavy atom. The number of benzene rings is 3. The summed E-state index contributed by atoms with van der Waals surface area (Å²) in [4.78, 5) is 4.82. The van der Waals surface area contributed by atoms with Gasteiger partial charge in [-0.15, -0.1) is 0 Å². The van der Waals surface area contributed by atoms with Crippen LogP contribution >= 0.6 is 11.6 Å². The fourth-order valence-corrected chi connectivity index (χ4v) is 3.61. The van der Waals surface area contributed by atoms with E-state index in [1.54, 1.807) is 0 Å². The van der Waals surface area contributed by atoms with Gasteiger partial charge in [0.15, 0.2) is 0 Å². The van der Waals surface area contributed by atoms with E-state index in [0.29, 0.717) is 6.61 Å². The van der Waals surface area contributed by atoms with E-state index in [4.69, 9.17) is 21.3 Å². The SMILES string of the molecule is Cc1cccc(OCCCn2c(/C=C/c3ccc(Cl)cc3)nc3ccccc32)c1C. The van der Waals surface area contributed by atoms with Gasteiger partial charge in [-0.3, -0.25) is 0 Å². The molecule has 152 valence electrons. The van der Waals surface area contributed by atoms with Crippen LogP contribution in [0.5, 0.6) is 5.75 Å². The third-order valence-corrected chi connectivity index (χ3v) is 5.57. The molecule has 0 radical (unpaired) electrons. The van der Waals surface area contributed by atoms with Gasteiger partial charge in [-0.2, -0.15) is 0 Å². The molecule has 1 heterocycles. The molecule has 1 aromatic heterocycles. The van der Waals surface area contributed by atoms with Crippen molar-refractivity contribution < 1.29 is 4.74 Å². The van der Waals surface area contributed by atoms with Gasteiger partial charge in [0.05, 0.1) is 17.6 Å². The first-order valence-electron chi connectivity index (χ1n) is 10.2. The number of ether oxygens (including phenoxy) is 1. The molecule has 0 bridgehead atoms. The van der Waals surface area contributed by atoms with Crippen molar-refractivity contribution in [2.24, 2.45) is 0 Å². The third-order valence-electron chi connectivity index (χ3n) is 5.32. The summed E-state index contributed by atoms with van der Waals surface area (Å²) >= 11 is 5.99. The second kappa shape index (κ2) is 9.19. The van der Waals surface area contributed by atoms with E-state index in [1.165, 1.54) is 11.1 Å². The van der Waals surface area contributed by atoms with Gasteiger partial charge in [-0.05, 0) is 73.4 Å². The zero-order valence-electron chi connectivity index (χ0n) is 17.3. The maximum atomic E-state index is 6.04. The first-order valence-corrected chi connectivity index (χ1v) is 10.6. The van der Waals surface area contributed by atoms with Gasteiger partial charge in [-0.1, -0.05) is 54.1 Å². The van der Waals surface area contributed by atoms with Crippen molar-refractivity contribution in [2.75, 3.05) is 6.61 Å². The summed E-state index contributed by atoms with van der Waals surface area (Å²) < 4.78 is 8.30. The Balaban J connectivity index is 1.50. The fourth-order valence-electron chi connectivity index (χ4n) is 3.49. The minimum absolute atomic E-state index is 0.664. The molecule has 0 fully saturated rings. The summed E-state index contributed by atoms with van der Waals surface area (Å²) in [5.74, 6) is 1.91. The van der Waals surface area contributed by atoms with Crippen LogP contribution in [-0.2, 0) is 6.54 Å². The highest BCUT2D eigenvalue weighted by Gasteiger charge is 2.08. The number of nitrogens with zero attached hydrogens (tertiary/aromatic N) is 2. The Kier molecular flexibility index (Phi) is 6.20. The number of aryl methyl sites for hydroxylation is 2. The summed E-state index contributed by atoms with van der Waals surface area (Å²) in [5, 5.41) is 0.739. The van der Waals surface area contributed by atoms with Gasteiger partial charge < -0.3 is 9.30 Å². The highest BCUT2D eigenvalue weighted by Crippen LogP contribution is 2.22. The molecule has 0 aliphatic rings. The molecule has 0 atom stereocenters. The first-order chi connectivity index (χ1) is 14.6. The molecule has 0 saturated heterocycles. The molecule has 0 N–H and O–H groups in total. The van der Waals surface area contributed by atoms with Crippen molar-refractivity contribution in [2.45, 2.75) is 26.8 Å². The number of halogens is 1. The van der Waals surface area contributed by atoms with Gasteiger partial charge in [0.1, 0.15) is 11.6 Å². The predicted octanol–water partition coefficient (Wildman–Crippen LogP) is 6.95. The Morgan fingerprint density at radius 1 is 0.933 bits per heavy atom. The van der Waals surface area contributed by atoms with E-state index < -0.39 is 0 Å². The lowest BCUT2D eigenvalue weighted by Crippen LogP contribution is -2.06. The summed E-state index contributed by atoms with van der Waals surface area (Å²) in [7, 11) is 0. The monoisotopic (exact) mass is 416 g/mol. The average Bonchev–Trinajstić information content (AvgIpc) is 3.11. The molecule has 4 heteroatoms. The molecule has 3 aromatic carbocycles. The van der Waals surface area contributed by atoms with Crippen LogP contribution in [0.3, 0.4) is 0 Å². The van der Waals surface area contributed by atoms with E-state index in [2.05, 4.69) is 54.8 Å². The predicted molar refractivity (Wildman–Crippen MR) is 126 cm³/mol. The van der Waals surface area contributed by atoms with Crippen LogP contribution in [0.2, 0.25) is 5.02 Å². The van der Waals surface area contributed by atoms with Crippen LogP contribution in [0.25, 0.3) is 23.2 Å². The Hall–Kier alpha value is -3.04. The zero-order valence-corrected chi connectivity index (χ0v) is 18.1. The molecular formula is C26H25ClN2O. The topological polar surface area (TPSA) is 27.1 Å². The van der Waals surface area contributed by atoms with Crippen LogP contribution in [0.15, 0.2) is 66.7 Å². The number of fused-ring (bicyclic) bond motifs is 1. The number of imidazole rings is 1. The number of rotatable bonds is 7. The second-order valence-electron chi connectivity index (χ2n) is 7.40. The highest BCUT2D eigenvalue weighted by atomic mass is 35.5. The summed E-state index contributed by atoms with van der Waals surface area (Å²) in [6.45, 7) is 5.72. The maximum Gasteiger partial charge on any atom is 0.133 e. The standard InChI is InChI=1S/C26H25ClN2O/c1-19-7-5-10-25(20(19)2)30-18-6-17-29-24-9-4-3-8-23(24)28-26(29)16-13-21-11-14-22(27)15-12-21/h3-5,7-16H,6,17-18H2,1-2H3/b16-13+. The quantitative estimate of drug-likeness (QED) is 0.305. The molecule has 0 amide bonds. The van der Waals surface area contributed by atoms with Crippen LogP contribution in [-0.4, -0.2) is 16.2 Å². The van der Waals surface area contributed by atoms with E-state index in [0.717, 1.165) is 46.2 Å². The Morgan fingerprint density at radius 2 is 1.73 bits per heavy atom. The molecule has 0 aliphatic heterocycles. The highest BCUT2D eigenvalue weighted by molar-refractivity contribution is 6.30. The summed E-state index contributed by atoms with van der Waals surface area (Å²) in [6.07, 6.45) is 5.03. The van der Waals surface area contributed by atoms with Gasteiger partial charge in [0, 0.05) is 11.6 Å². The average molecular weight is 417 g/mol. The summed E-state index contributed by atoms with van der Waals surface area (Å²) in [5.41, 5.74) is 5.69. The molecule has 0 unspecified atom stereocenters. The van der Waals surface area contributed by atoms with Crippen molar-refractivity contribution in [3.63, 3.8) is 0 Å². The Bertz CT molecular complexity index is 1180. The van der Waals surface area contributed by atoms with Crippen molar-refractivity contribution in [1.82, 2.24) is 9.55 Å². The summed E-state index contributed by atoms with van der Waals surface area (Å²) in [6, 6.07) is 22.2. The van der Waals surface area contributed by atoms with Gasteiger partial charge in [0.25, 0.3) is 0 Å². The van der Waals surface area contributed by atoms with E-state index in [-0.39, 0.29) is 0 Å². The lowest BCUT2D eigenvalue weighted by Gasteiger charge is -2.12. The minimum Gasteiger partial charge on any atom is -0.493 e. The molecule has 3 nitrogen and oxygen atoms in total. The van der Waals surface area contributed by atoms with E-state index in [1.807, 2.05) is 42.5 Å². The van der Waals surface area contributed by atoms with Crippen LogP contribution in [0.4, 0.5) is 0 Å². The van der Waals surface area contributed by atoms with Gasteiger partial charge >= 0.3 is 0 Å². The van der Waals surface area contributed by atoms with E-state index >= 15 is 0 Å². The fraction of sp³-hybridized carbons (Fsp3) is 0.192. The molecule has 30 heavy (non-hydrogen) atoms. The maximum absolute atomic E-state index is 6.04. The first kappa shape index (κ1) is 20.2. The van der Waals surface area contributed by atoms with Crippen molar-refractivity contribution >= 4 is 34.8 Å². The van der Waals surface area contributed by atoms with Crippen LogP contribution in [0, 0.1) is 13.8 Å². The third kappa shape index (κ3) is 4.58. The zero-order chi connectivity index (χ0) is 20.9. The van der Waals surface area contributed by atoms with Gasteiger partial charge in [0.2, 0.25) is 0 Å². The largest absolute Gasteiger partial charge is 0.493 e. The number of hydrogen-bond acceptors (Lipinski definition) is 2. The molecule has 4 rings (SSSR count). The smallest absolute Gasteiger partial charge is 0.133 e. The normalized spacial score (nSPS) is 11.4. The van der Waals surface area contributed by atoms with Crippen molar-refractivity contribution in [3.05, 3.63) is 94.3 Å². The molecule has 0 aliphatic carbocycles. The van der Waals surface area contributed by atoms with E-state index in [9.17, 15) is 0 Å². The number of aromatic nitrogens is 2. The van der Waals surface area contributed by atoms with Crippen LogP contribution in [0.1, 0.15) is 28.9 Å². The van der Waals surface area contributed by atoms with Crippen molar-refractivity contribution in [3.8, 4) is 5.75 Å². The Labute approximate surface area is 182 Å². The second-order valence-corrected chi connectivity index (χ2v) is 7.83. The molecule has 4 aromatic rings. The number of hydrogen-bond donors (Lipinski definition) is 0. The molecule has 0 saturated carbocycles. The van der Waals surface area contributed by atoms with Gasteiger partial charge in [-0.25, -0.2) is 4.98 Å². The lowest BCUT2D eigenvalue weighted by molar-refractivity contribution is 0.300. The minimum atomic E-state index is 0.664. The molecular weight excluding hydrogens is 392 g/mol. The van der Waals surface area contributed by atoms with Crippen LogP contribution < -0.4 is 4.74 Å². The number of para-hydroxylation sites is 2.